The second-order valence-corrected chi connectivity index (χ2v) is 3.58. The SMILES string of the molecule is [K+].[K+].[O-]B([O-])C12CCOC(F)(F)C1(F)C2. The van der Waals surface area contributed by atoms with Gasteiger partial charge in [-0.25, -0.2) is 4.39 Å². The molecule has 0 aromatic rings. The molecule has 1 saturated carbocycles. The Balaban J connectivity index is 0.000000980. The summed E-state index contributed by atoms with van der Waals surface area (Å²) in [6, 6.07) is 0. The van der Waals surface area contributed by atoms with Crippen LogP contribution in [0, 0.1) is 0 Å². The van der Waals surface area contributed by atoms with E-state index in [1.807, 2.05) is 0 Å². The summed E-state index contributed by atoms with van der Waals surface area (Å²) in [5.74, 6) is 0. The Kier molecular flexibility index (Phi) is 6.67. The summed E-state index contributed by atoms with van der Waals surface area (Å²) < 4.78 is 42.8. The number of halogens is 3. The standard InChI is InChI=1S/C6H6BF3O3.2K/c8-5-3-4(5,7(11)12)1-2-13-6(5,9)10;;/h1-3H2;;/q-2;2*+1. The zero-order chi connectivity index (χ0) is 9.91. The Morgan fingerprint density at radius 2 is 1.67 bits per heavy atom. The van der Waals surface area contributed by atoms with Crippen LogP contribution < -0.4 is 113 Å². The molecule has 0 amide bonds. The Labute approximate surface area is 170 Å². The van der Waals surface area contributed by atoms with Crippen LogP contribution in [-0.4, -0.2) is 25.5 Å². The quantitative estimate of drug-likeness (QED) is 0.446. The Bertz CT molecular complexity index is 256. The van der Waals surface area contributed by atoms with Gasteiger partial charge in [0.25, 0.3) is 0 Å². The molecule has 74 valence electrons. The average molecular weight is 272 g/mol. The summed E-state index contributed by atoms with van der Waals surface area (Å²) in [4.78, 5) is 0. The van der Waals surface area contributed by atoms with Crippen LogP contribution in [0.25, 0.3) is 0 Å². The first-order chi connectivity index (χ1) is 5.86. The van der Waals surface area contributed by atoms with E-state index in [9.17, 15) is 23.2 Å². The van der Waals surface area contributed by atoms with Crippen LogP contribution in [0.3, 0.4) is 0 Å². The fraction of sp³-hybridized carbons (Fsp3) is 1.00. The number of rotatable bonds is 1. The van der Waals surface area contributed by atoms with Crippen molar-refractivity contribution in [1.29, 1.82) is 0 Å². The summed E-state index contributed by atoms with van der Waals surface area (Å²) in [5.41, 5.74) is -3.02. The van der Waals surface area contributed by atoms with Crippen molar-refractivity contribution in [2.75, 3.05) is 6.61 Å². The van der Waals surface area contributed by atoms with Gasteiger partial charge in [0.1, 0.15) is 0 Å². The molecule has 2 rings (SSSR count). The van der Waals surface area contributed by atoms with Gasteiger partial charge in [-0.1, -0.05) is 0 Å². The van der Waals surface area contributed by atoms with Crippen molar-refractivity contribution in [3.63, 3.8) is 0 Å². The maximum Gasteiger partial charge on any atom is 1.00 e. The van der Waals surface area contributed by atoms with E-state index < -0.39 is 37.2 Å². The molecule has 2 atom stereocenters. The van der Waals surface area contributed by atoms with Gasteiger partial charge >= 0.3 is 109 Å². The fourth-order valence-corrected chi connectivity index (χ4v) is 1.93. The van der Waals surface area contributed by atoms with Gasteiger partial charge in [-0.15, -0.1) is 7.12 Å². The third-order valence-corrected chi connectivity index (χ3v) is 2.97. The Morgan fingerprint density at radius 1 is 1.13 bits per heavy atom. The van der Waals surface area contributed by atoms with Gasteiger partial charge in [-0.2, -0.15) is 8.78 Å². The first-order valence-electron chi connectivity index (χ1n) is 3.88. The Hall–Kier alpha value is 3.01. The van der Waals surface area contributed by atoms with Gasteiger partial charge < -0.3 is 14.8 Å². The topological polar surface area (TPSA) is 55.3 Å². The summed E-state index contributed by atoms with van der Waals surface area (Å²) in [7, 11) is -2.55. The molecule has 0 bridgehead atoms. The summed E-state index contributed by atoms with van der Waals surface area (Å²) >= 11 is 0. The van der Waals surface area contributed by atoms with Crippen LogP contribution in [-0.2, 0) is 4.74 Å². The molecule has 1 saturated heterocycles. The summed E-state index contributed by atoms with van der Waals surface area (Å²) in [6.45, 7) is -0.431. The monoisotopic (exact) mass is 272 g/mol. The van der Waals surface area contributed by atoms with E-state index in [4.69, 9.17) is 0 Å². The van der Waals surface area contributed by atoms with Crippen molar-refractivity contribution >= 4 is 7.12 Å². The normalized spacial score (nSPS) is 40.6. The van der Waals surface area contributed by atoms with E-state index in [0.29, 0.717) is 0 Å². The van der Waals surface area contributed by atoms with Crippen LogP contribution in [0.1, 0.15) is 12.8 Å². The van der Waals surface area contributed by atoms with Crippen molar-refractivity contribution in [2.24, 2.45) is 0 Å². The molecule has 15 heavy (non-hydrogen) atoms. The second-order valence-electron chi connectivity index (χ2n) is 3.58. The average Bonchev–Trinajstić information content (AvgIpc) is 2.59. The van der Waals surface area contributed by atoms with Crippen molar-refractivity contribution in [2.45, 2.75) is 29.9 Å². The molecule has 9 heteroatoms. The predicted molar refractivity (Wildman–Crippen MR) is 32.4 cm³/mol. The van der Waals surface area contributed by atoms with Gasteiger partial charge in [0.05, 0.1) is 6.61 Å². The Morgan fingerprint density at radius 3 is 2.07 bits per heavy atom. The van der Waals surface area contributed by atoms with Gasteiger partial charge in [0.15, 0.2) is 5.67 Å². The molecule has 2 unspecified atom stereocenters. The van der Waals surface area contributed by atoms with E-state index in [0.717, 1.165) is 0 Å². The summed E-state index contributed by atoms with van der Waals surface area (Å²) in [5, 5.41) is 19.2. The third-order valence-electron chi connectivity index (χ3n) is 2.97. The van der Waals surface area contributed by atoms with Gasteiger partial charge in [-0.05, 0) is 18.2 Å². The number of alkyl halides is 3. The van der Waals surface area contributed by atoms with Crippen molar-refractivity contribution in [3.05, 3.63) is 0 Å². The van der Waals surface area contributed by atoms with Gasteiger partial charge in [0, 0.05) is 0 Å². The molecule has 0 aromatic heterocycles. The molecule has 0 aromatic carbocycles. The van der Waals surface area contributed by atoms with Crippen LogP contribution in [0.4, 0.5) is 13.2 Å². The minimum Gasteiger partial charge on any atom is -0.893 e. The molecular weight excluding hydrogens is 266 g/mol. The van der Waals surface area contributed by atoms with Gasteiger partial charge in [-0.3, -0.25) is 0 Å². The molecule has 1 aliphatic carbocycles. The minimum absolute atomic E-state index is 0. The van der Waals surface area contributed by atoms with Crippen LogP contribution in [0.2, 0.25) is 5.31 Å². The van der Waals surface area contributed by atoms with Crippen molar-refractivity contribution in [3.8, 4) is 0 Å². The first-order valence-corrected chi connectivity index (χ1v) is 3.88. The zero-order valence-corrected chi connectivity index (χ0v) is 14.8. The zero-order valence-electron chi connectivity index (χ0n) is 8.56. The predicted octanol–water partition coefficient (Wildman–Crippen LogP) is -6.93. The summed E-state index contributed by atoms with van der Waals surface area (Å²) in [6.07, 6.45) is -4.86. The third kappa shape index (κ3) is 2.52. The molecule has 2 aliphatic rings. The molecule has 0 radical (unpaired) electrons. The van der Waals surface area contributed by atoms with E-state index in [1.165, 1.54) is 0 Å². The van der Waals surface area contributed by atoms with E-state index in [-0.39, 0.29) is 109 Å². The van der Waals surface area contributed by atoms with E-state index >= 15 is 0 Å². The van der Waals surface area contributed by atoms with Gasteiger partial charge in [0.2, 0.25) is 0 Å². The molecular formula is C6H6BF3K2O3. The van der Waals surface area contributed by atoms with Crippen LogP contribution in [0.5, 0.6) is 0 Å². The largest absolute Gasteiger partial charge is 1.00 e. The molecule has 2 fully saturated rings. The van der Waals surface area contributed by atoms with E-state index in [1.54, 1.807) is 0 Å². The molecule has 0 N–H and O–H groups in total. The van der Waals surface area contributed by atoms with Crippen LogP contribution >= 0.6 is 0 Å². The van der Waals surface area contributed by atoms with E-state index in [2.05, 4.69) is 4.74 Å². The minimum atomic E-state index is -3.97. The van der Waals surface area contributed by atoms with Crippen molar-refractivity contribution < 1.29 is 131 Å². The maximum absolute atomic E-state index is 13.4. The molecule has 3 nitrogen and oxygen atoms in total. The smallest absolute Gasteiger partial charge is 0.893 e. The number of ether oxygens (including phenoxy) is 1. The number of hydrogen-bond donors (Lipinski definition) is 0. The van der Waals surface area contributed by atoms with Crippen LogP contribution in [0.15, 0.2) is 0 Å². The second kappa shape index (κ2) is 5.56. The number of fused-ring (bicyclic) bond motifs is 1. The molecule has 1 aliphatic heterocycles. The molecule has 0 spiro atoms. The number of hydrogen-bond acceptors (Lipinski definition) is 3. The van der Waals surface area contributed by atoms with Crippen molar-refractivity contribution in [1.82, 2.24) is 0 Å². The maximum atomic E-state index is 13.4. The first kappa shape index (κ1) is 18.0. The molecule has 1 heterocycles. The fourth-order valence-electron chi connectivity index (χ4n) is 1.93.